The highest BCUT2D eigenvalue weighted by Gasteiger charge is 2.33. The number of nitrogens with zero attached hydrogens (tertiary/aromatic N) is 1. The van der Waals surface area contributed by atoms with Crippen LogP contribution in [0.2, 0.25) is 0 Å². The molecule has 0 spiro atoms. The lowest BCUT2D eigenvalue weighted by atomic mass is 10.0. The number of fused-ring (bicyclic) bond motifs is 1. The highest BCUT2D eigenvalue weighted by molar-refractivity contribution is 5.95. The van der Waals surface area contributed by atoms with Gasteiger partial charge < -0.3 is 15.2 Å². The third kappa shape index (κ3) is 5.48. The number of benzene rings is 4. The number of likely N-dealkylation sites (N-methyl/N-ethyl adjacent to an activating group) is 1. The fourth-order valence-electron chi connectivity index (χ4n) is 4.51. The first kappa shape index (κ1) is 25.3. The smallest absolute Gasteiger partial charge is 0.325 e. The lowest BCUT2D eigenvalue weighted by molar-refractivity contribution is -0.137. The number of amides is 1. The lowest BCUT2D eigenvalue weighted by Crippen LogP contribution is -2.40. The molecule has 1 amide bonds. The number of carbonyl (C=O) groups is 1. The van der Waals surface area contributed by atoms with Crippen molar-refractivity contribution in [2.24, 2.45) is 0 Å². The van der Waals surface area contributed by atoms with Crippen LogP contribution in [0.25, 0.3) is 27.7 Å². The molecule has 192 valence electrons. The van der Waals surface area contributed by atoms with Crippen molar-refractivity contribution < 1.29 is 18.0 Å². The number of halogens is 3. The van der Waals surface area contributed by atoms with Gasteiger partial charge in [0.15, 0.2) is 0 Å². The average molecular weight is 514 g/mol. The van der Waals surface area contributed by atoms with Crippen molar-refractivity contribution in [3.8, 4) is 16.9 Å². The van der Waals surface area contributed by atoms with Crippen LogP contribution in [0.5, 0.6) is 0 Å². The van der Waals surface area contributed by atoms with E-state index in [0.717, 1.165) is 22.5 Å². The van der Waals surface area contributed by atoms with E-state index in [1.165, 1.54) is 10.6 Å². The molecule has 0 fully saturated rings. The van der Waals surface area contributed by atoms with E-state index in [1.54, 1.807) is 31.3 Å². The highest BCUT2D eigenvalue weighted by atomic mass is 19.4. The quantitative estimate of drug-likeness (QED) is 0.244. The zero-order chi connectivity index (χ0) is 26.7. The number of nitrogens with one attached hydrogen (secondary N) is 2. The molecule has 0 unspecified atom stereocenters. The minimum Gasteiger partial charge on any atom is -0.325 e. The topological polar surface area (TPSA) is 46.1 Å². The second-order valence-corrected chi connectivity index (χ2v) is 9.11. The van der Waals surface area contributed by atoms with Crippen LogP contribution >= 0.6 is 0 Å². The molecule has 38 heavy (non-hydrogen) atoms. The molecule has 7 heteroatoms. The lowest BCUT2D eigenvalue weighted by Gasteiger charge is -2.17. The van der Waals surface area contributed by atoms with E-state index in [-0.39, 0.29) is 5.91 Å². The Balaban J connectivity index is 1.42. The predicted octanol–water partition coefficient (Wildman–Crippen LogP) is 7.09. The van der Waals surface area contributed by atoms with Crippen molar-refractivity contribution in [2.45, 2.75) is 18.6 Å². The Morgan fingerprint density at radius 2 is 1.53 bits per heavy atom. The van der Waals surface area contributed by atoms with Crippen LogP contribution < -0.4 is 10.6 Å². The third-order valence-electron chi connectivity index (χ3n) is 6.55. The molecule has 0 aliphatic rings. The summed E-state index contributed by atoms with van der Waals surface area (Å²) >= 11 is 0. The van der Waals surface area contributed by atoms with Crippen LogP contribution in [0.3, 0.4) is 0 Å². The summed E-state index contributed by atoms with van der Waals surface area (Å²) in [5.41, 5.74) is 2.52. The zero-order valence-corrected chi connectivity index (χ0v) is 20.7. The summed E-state index contributed by atoms with van der Waals surface area (Å²) in [5.74, 6) is -0.193. The molecular weight excluding hydrogens is 487 g/mol. The molecular formula is C31H26F3N3O. The summed E-state index contributed by atoms with van der Waals surface area (Å²) in [7, 11) is 1.73. The monoisotopic (exact) mass is 513 g/mol. The molecule has 0 saturated carbocycles. The maximum absolute atomic E-state index is 13.7. The maximum Gasteiger partial charge on any atom is 0.417 e. The van der Waals surface area contributed by atoms with Gasteiger partial charge in [-0.05, 0) is 71.8 Å². The molecule has 0 aliphatic carbocycles. The summed E-state index contributed by atoms with van der Waals surface area (Å²) in [4.78, 5) is 12.9. The molecule has 0 bridgehead atoms. The second-order valence-electron chi connectivity index (χ2n) is 9.11. The summed E-state index contributed by atoms with van der Waals surface area (Å²) < 4.78 is 42.5. The number of rotatable bonds is 7. The molecule has 4 nitrogen and oxygen atoms in total. The van der Waals surface area contributed by atoms with Crippen LogP contribution in [0.1, 0.15) is 11.1 Å². The van der Waals surface area contributed by atoms with Crippen LogP contribution in [-0.2, 0) is 17.4 Å². The molecule has 2 N–H and O–H groups in total. The predicted molar refractivity (Wildman–Crippen MR) is 145 cm³/mol. The van der Waals surface area contributed by atoms with E-state index in [1.807, 2.05) is 72.8 Å². The van der Waals surface area contributed by atoms with Crippen molar-refractivity contribution >= 4 is 22.4 Å². The fraction of sp³-hybridized carbons (Fsp3) is 0.129. The van der Waals surface area contributed by atoms with Crippen molar-refractivity contribution in [1.29, 1.82) is 0 Å². The van der Waals surface area contributed by atoms with E-state index in [0.29, 0.717) is 29.1 Å². The number of alkyl halides is 3. The van der Waals surface area contributed by atoms with E-state index in [4.69, 9.17) is 0 Å². The van der Waals surface area contributed by atoms with Crippen molar-refractivity contribution in [1.82, 2.24) is 9.88 Å². The number of carbonyl (C=O) groups excluding carboxylic acids is 1. The first-order valence-corrected chi connectivity index (χ1v) is 12.2. The van der Waals surface area contributed by atoms with Gasteiger partial charge in [-0.15, -0.1) is 0 Å². The molecule has 5 rings (SSSR count). The summed E-state index contributed by atoms with van der Waals surface area (Å²) in [6.45, 7) is 0. The Labute approximate surface area is 218 Å². The van der Waals surface area contributed by atoms with Gasteiger partial charge in [0.1, 0.15) is 0 Å². The van der Waals surface area contributed by atoms with Crippen molar-refractivity contribution in [2.75, 3.05) is 12.4 Å². The van der Waals surface area contributed by atoms with Crippen LogP contribution in [0, 0.1) is 0 Å². The fourth-order valence-corrected chi connectivity index (χ4v) is 4.51. The van der Waals surface area contributed by atoms with Gasteiger partial charge in [-0.3, -0.25) is 4.79 Å². The minimum absolute atomic E-state index is 0.193. The standard InChI is InChI=1S/C31H26F3N3O/c1-35-28(17-21-7-3-2-4-8-21)30(38)36-26-13-15-27(16-14-26)37-20-25(31(32,33)34)19-29(37)24-12-11-22-9-5-6-10-23(22)18-24/h2-16,18-20,28,35H,17H2,1H3,(H,36,38)/t28-/m0/s1. The maximum atomic E-state index is 13.7. The molecule has 0 aliphatic heterocycles. The molecule has 0 saturated heterocycles. The number of hydrogen-bond acceptors (Lipinski definition) is 2. The Morgan fingerprint density at radius 3 is 2.21 bits per heavy atom. The van der Waals surface area contributed by atoms with E-state index >= 15 is 0 Å². The molecule has 5 aromatic rings. The van der Waals surface area contributed by atoms with Crippen LogP contribution in [0.4, 0.5) is 18.9 Å². The minimum atomic E-state index is -4.48. The molecule has 1 heterocycles. The van der Waals surface area contributed by atoms with Gasteiger partial charge >= 0.3 is 6.18 Å². The largest absolute Gasteiger partial charge is 0.417 e. The SMILES string of the molecule is CN[C@@H](Cc1ccccc1)C(=O)Nc1ccc(-n2cc(C(F)(F)F)cc2-c2ccc3ccccc3c2)cc1. The summed E-state index contributed by atoms with van der Waals surface area (Å²) in [6, 6.07) is 30.6. The van der Waals surface area contributed by atoms with Crippen molar-refractivity contribution in [3.63, 3.8) is 0 Å². The zero-order valence-electron chi connectivity index (χ0n) is 20.7. The Hall–Kier alpha value is -4.36. The summed E-state index contributed by atoms with van der Waals surface area (Å²) in [5, 5.41) is 7.89. The van der Waals surface area contributed by atoms with Gasteiger partial charge in [0.05, 0.1) is 17.3 Å². The molecule has 1 aromatic heterocycles. The average Bonchev–Trinajstić information content (AvgIpc) is 3.39. The van der Waals surface area contributed by atoms with Crippen molar-refractivity contribution in [3.05, 3.63) is 120 Å². The van der Waals surface area contributed by atoms with Gasteiger partial charge in [-0.2, -0.15) is 13.2 Å². The van der Waals surface area contributed by atoms with Crippen LogP contribution in [-0.4, -0.2) is 23.6 Å². The van der Waals surface area contributed by atoms with Gasteiger partial charge in [0.25, 0.3) is 0 Å². The van der Waals surface area contributed by atoms with Gasteiger partial charge in [-0.25, -0.2) is 0 Å². The second kappa shape index (κ2) is 10.6. The molecule has 1 atom stereocenters. The van der Waals surface area contributed by atoms with E-state index in [2.05, 4.69) is 10.6 Å². The number of anilines is 1. The number of aromatic nitrogens is 1. The molecule has 0 radical (unpaired) electrons. The highest BCUT2D eigenvalue weighted by Crippen LogP contribution is 2.36. The van der Waals surface area contributed by atoms with E-state index < -0.39 is 17.8 Å². The summed E-state index contributed by atoms with van der Waals surface area (Å²) in [6.07, 6.45) is -2.85. The Bertz CT molecular complexity index is 1560. The van der Waals surface area contributed by atoms with Gasteiger partial charge in [0.2, 0.25) is 5.91 Å². The van der Waals surface area contributed by atoms with Gasteiger partial charge in [0, 0.05) is 17.6 Å². The van der Waals surface area contributed by atoms with Gasteiger partial charge in [-0.1, -0.05) is 66.7 Å². The first-order chi connectivity index (χ1) is 18.3. The normalized spacial score (nSPS) is 12.4. The molecule has 4 aromatic carbocycles. The van der Waals surface area contributed by atoms with Crippen LogP contribution in [0.15, 0.2) is 109 Å². The number of hydrogen-bond donors (Lipinski definition) is 2. The Morgan fingerprint density at radius 1 is 0.842 bits per heavy atom. The Kier molecular flexibility index (Phi) is 7.03. The third-order valence-corrected chi connectivity index (χ3v) is 6.55. The first-order valence-electron chi connectivity index (χ1n) is 12.2. The van der Waals surface area contributed by atoms with E-state index in [9.17, 15) is 18.0 Å².